The number of amides is 3. The van der Waals surface area contributed by atoms with E-state index in [4.69, 9.17) is 25.5 Å². The molecule has 1 aliphatic carbocycles. The average Bonchev–Trinajstić information content (AvgIpc) is 3.75. The van der Waals surface area contributed by atoms with Crippen LogP contribution < -0.4 is 31.3 Å². The highest BCUT2D eigenvalue weighted by molar-refractivity contribution is 6.39. The fraction of sp³-hybridized carbons (Fsp3) is 0.243. The van der Waals surface area contributed by atoms with E-state index >= 15 is 0 Å². The summed E-state index contributed by atoms with van der Waals surface area (Å²) >= 11 is 6.03. The van der Waals surface area contributed by atoms with Crippen LogP contribution in [0, 0.1) is 0 Å². The summed E-state index contributed by atoms with van der Waals surface area (Å²) in [6.07, 6.45) is -0.530. The third kappa shape index (κ3) is 10.9. The molecular weight excluding hydrogens is 775 g/mol. The van der Waals surface area contributed by atoms with Crippen LogP contribution in [-0.2, 0) is 24.7 Å². The van der Waals surface area contributed by atoms with Gasteiger partial charge >= 0.3 is 30.0 Å². The van der Waals surface area contributed by atoms with Crippen LogP contribution in [0.4, 0.5) is 36.4 Å². The van der Waals surface area contributed by atoms with Gasteiger partial charge in [-0.05, 0) is 85.5 Å². The Hall–Kier alpha value is -6.76. The van der Waals surface area contributed by atoms with Crippen molar-refractivity contribution >= 4 is 58.6 Å². The van der Waals surface area contributed by atoms with E-state index in [1.165, 1.54) is 36.9 Å². The van der Waals surface area contributed by atoms with Gasteiger partial charge in [-0.1, -0.05) is 23.7 Å². The number of ether oxygens (including phenoxy) is 2. The second-order valence-corrected chi connectivity index (χ2v) is 13.0. The fourth-order valence-electron chi connectivity index (χ4n) is 5.41. The zero-order chi connectivity index (χ0) is 40.6. The van der Waals surface area contributed by atoms with E-state index in [1.807, 2.05) is 12.1 Å². The molecule has 1 atom stereocenters. The number of halogens is 4. The molecule has 3 amide bonds. The van der Waals surface area contributed by atoms with Crippen LogP contribution in [0.2, 0.25) is 5.02 Å². The molecule has 0 radical (unpaired) electrons. The molecule has 0 unspecified atom stereocenters. The van der Waals surface area contributed by atoms with E-state index in [0.29, 0.717) is 40.6 Å². The summed E-state index contributed by atoms with van der Waals surface area (Å²) in [7, 11) is 1.13. The number of rotatable bonds is 15. The topological polar surface area (TPSA) is 212 Å². The first-order valence-corrected chi connectivity index (χ1v) is 17.5. The number of oxazole rings is 1. The third-order valence-corrected chi connectivity index (χ3v) is 8.71. The SMILES string of the molecule is COC(=O)[C@H](CCNC(=O)C(=O)Nc1ccc(-c2cnco2)cc1)NC(=O)c1ccc(Nc2nc(NC3(c4ccc(Cl)cc4)CC3)nc(OCC(F)(F)F)n2)cc1. The van der Waals surface area contributed by atoms with Crippen LogP contribution in [-0.4, -0.2) is 76.1 Å². The molecule has 1 saturated carbocycles. The number of methoxy groups -OCH3 is 1. The molecular formula is C37H33ClF3N9O7. The first-order valence-electron chi connectivity index (χ1n) is 17.1. The molecule has 0 saturated heterocycles. The summed E-state index contributed by atoms with van der Waals surface area (Å²) in [6.45, 7) is -1.80. The number of aromatic nitrogens is 4. The number of carbonyl (C=O) groups excluding carboxylic acids is 4. The molecule has 6 rings (SSSR count). The molecule has 1 aliphatic rings. The molecule has 57 heavy (non-hydrogen) atoms. The Morgan fingerprint density at radius 2 is 1.58 bits per heavy atom. The summed E-state index contributed by atoms with van der Waals surface area (Å²) in [5.41, 5.74) is 1.87. The first kappa shape index (κ1) is 39.9. The Bertz CT molecular complexity index is 2200. The highest BCUT2D eigenvalue weighted by Crippen LogP contribution is 2.48. The molecule has 0 aliphatic heterocycles. The summed E-state index contributed by atoms with van der Waals surface area (Å²) in [4.78, 5) is 66.7. The molecule has 2 aromatic heterocycles. The molecule has 20 heteroatoms. The number of hydrogen-bond acceptors (Lipinski definition) is 13. The lowest BCUT2D eigenvalue weighted by Gasteiger charge is -2.19. The van der Waals surface area contributed by atoms with Crippen LogP contribution in [0.25, 0.3) is 11.3 Å². The minimum Gasteiger partial charge on any atom is -0.467 e. The number of nitrogens with zero attached hydrogens (tertiary/aromatic N) is 4. The van der Waals surface area contributed by atoms with E-state index in [2.05, 4.69) is 46.5 Å². The standard InChI is InChI=1S/C37H33ClF3N9O7/c1-55-32(54)27(14-17-43-30(52)31(53)44-25-10-2-21(3-11-25)28-18-42-20-57-28)46-29(51)22-4-12-26(13-5-22)45-33-47-34(49-35(48-33)56-19-37(39,40)41)50-36(15-16-36)23-6-8-24(38)9-7-23/h2-13,18,20,27H,14-17,19H2,1H3,(H,43,52)(H,44,53)(H,46,51)(H2,45,47,48,49,50)/t27-/m0/s1. The summed E-state index contributed by atoms with van der Waals surface area (Å²) in [5.74, 6) is -3.03. The summed E-state index contributed by atoms with van der Waals surface area (Å²) in [6, 6.07) is 17.6. The summed E-state index contributed by atoms with van der Waals surface area (Å²) in [5, 5.41) is 14.0. The van der Waals surface area contributed by atoms with Gasteiger partial charge in [-0.2, -0.15) is 28.1 Å². The minimum absolute atomic E-state index is 0.0340. The zero-order valence-electron chi connectivity index (χ0n) is 29.9. The van der Waals surface area contributed by atoms with E-state index < -0.39 is 54.1 Å². The molecule has 0 bridgehead atoms. The number of alkyl halides is 3. The van der Waals surface area contributed by atoms with Crippen molar-refractivity contribution in [3.05, 3.63) is 102 Å². The quantitative estimate of drug-likeness (QED) is 0.0665. The van der Waals surface area contributed by atoms with Gasteiger partial charge in [-0.15, -0.1) is 0 Å². The molecule has 16 nitrogen and oxygen atoms in total. The van der Waals surface area contributed by atoms with Crippen molar-refractivity contribution in [3.63, 3.8) is 0 Å². The van der Waals surface area contributed by atoms with Crippen LogP contribution >= 0.6 is 11.6 Å². The predicted octanol–water partition coefficient (Wildman–Crippen LogP) is 5.38. The van der Waals surface area contributed by atoms with Crippen molar-refractivity contribution in [2.75, 3.05) is 36.2 Å². The number of anilines is 4. The lowest BCUT2D eigenvalue weighted by molar-refractivity contribution is -0.154. The number of carbonyl (C=O) groups is 4. The van der Waals surface area contributed by atoms with Gasteiger partial charge in [0.1, 0.15) is 6.04 Å². The van der Waals surface area contributed by atoms with Gasteiger partial charge in [0.15, 0.2) is 18.8 Å². The van der Waals surface area contributed by atoms with Crippen molar-refractivity contribution in [1.29, 1.82) is 0 Å². The van der Waals surface area contributed by atoms with Crippen molar-refractivity contribution in [2.45, 2.75) is 37.0 Å². The van der Waals surface area contributed by atoms with Gasteiger partial charge in [0.05, 0.1) is 18.8 Å². The van der Waals surface area contributed by atoms with Gasteiger partial charge < -0.3 is 40.5 Å². The molecule has 5 aromatic rings. The average molecular weight is 808 g/mol. The van der Waals surface area contributed by atoms with Crippen LogP contribution in [0.3, 0.4) is 0 Å². The van der Waals surface area contributed by atoms with Crippen LogP contribution in [0.5, 0.6) is 6.01 Å². The lowest BCUT2D eigenvalue weighted by Crippen LogP contribution is -2.44. The van der Waals surface area contributed by atoms with E-state index in [0.717, 1.165) is 12.7 Å². The molecule has 2 heterocycles. The maximum Gasteiger partial charge on any atom is 0.422 e. The number of hydrogen-bond donors (Lipinski definition) is 5. The van der Waals surface area contributed by atoms with Gasteiger partial charge in [0.2, 0.25) is 11.9 Å². The smallest absolute Gasteiger partial charge is 0.422 e. The second-order valence-electron chi connectivity index (χ2n) is 12.6. The number of benzene rings is 3. The van der Waals surface area contributed by atoms with E-state index in [1.54, 1.807) is 36.4 Å². The third-order valence-electron chi connectivity index (χ3n) is 8.46. The molecule has 5 N–H and O–H groups in total. The molecule has 1 fully saturated rings. The number of esters is 1. The Kier molecular flexibility index (Phi) is 12.2. The Morgan fingerprint density at radius 3 is 2.21 bits per heavy atom. The van der Waals surface area contributed by atoms with Gasteiger partial charge in [-0.3, -0.25) is 14.4 Å². The minimum atomic E-state index is -4.64. The Balaban J connectivity index is 1.04. The van der Waals surface area contributed by atoms with E-state index in [9.17, 15) is 32.3 Å². The maximum atomic E-state index is 13.1. The Labute approximate surface area is 326 Å². The highest BCUT2D eigenvalue weighted by Gasteiger charge is 2.45. The van der Waals surface area contributed by atoms with Crippen molar-refractivity contribution in [1.82, 2.24) is 30.6 Å². The highest BCUT2D eigenvalue weighted by atomic mass is 35.5. The van der Waals surface area contributed by atoms with Crippen LogP contribution in [0.1, 0.15) is 35.2 Å². The summed E-state index contributed by atoms with van der Waals surface area (Å²) < 4.78 is 53.8. The normalized spacial score (nSPS) is 13.4. The largest absolute Gasteiger partial charge is 0.467 e. The maximum absolute atomic E-state index is 13.1. The monoisotopic (exact) mass is 807 g/mol. The zero-order valence-corrected chi connectivity index (χ0v) is 30.6. The predicted molar refractivity (Wildman–Crippen MR) is 199 cm³/mol. The molecule has 0 spiro atoms. The molecule has 3 aromatic carbocycles. The number of nitrogens with one attached hydrogen (secondary N) is 5. The Morgan fingerprint density at radius 1 is 0.895 bits per heavy atom. The van der Waals surface area contributed by atoms with Crippen molar-refractivity contribution in [3.8, 4) is 17.3 Å². The lowest BCUT2D eigenvalue weighted by atomic mass is 10.1. The first-order chi connectivity index (χ1) is 27.3. The second kappa shape index (κ2) is 17.4. The van der Waals surface area contributed by atoms with Crippen molar-refractivity contribution < 1.29 is 46.2 Å². The fourth-order valence-corrected chi connectivity index (χ4v) is 5.54. The van der Waals surface area contributed by atoms with Crippen molar-refractivity contribution in [2.24, 2.45) is 0 Å². The molecule has 296 valence electrons. The van der Waals surface area contributed by atoms with Gasteiger partial charge in [0.25, 0.3) is 5.91 Å². The van der Waals surface area contributed by atoms with Crippen LogP contribution in [0.15, 0.2) is 89.8 Å². The van der Waals surface area contributed by atoms with E-state index in [-0.39, 0.29) is 30.4 Å². The van der Waals surface area contributed by atoms with Gasteiger partial charge in [0, 0.05) is 34.1 Å². The van der Waals surface area contributed by atoms with Gasteiger partial charge in [-0.25, -0.2) is 9.78 Å².